The average molecular weight is 323 g/mol. The number of urea groups is 1. The minimum absolute atomic E-state index is 0.176. The van der Waals surface area contributed by atoms with Gasteiger partial charge in [-0.3, -0.25) is 0 Å². The van der Waals surface area contributed by atoms with E-state index < -0.39 is 6.04 Å². The van der Waals surface area contributed by atoms with Crippen LogP contribution in [0.3, 0.4) is 0 Å². The molecule has 0 bridgehead atoms. The molecule has 1 atom stereocenters. The van der Waals surface area contributed by atoms with Gasteiger partial charge in [0.15, 0.2) is 0 Å². The minimum atomic E-state index is -0.453. The molecule has 0 fully saturated rings. The van der Waals surface area contributed by atoms with Crippen molar-refractivity contribution in [2.45, 2.75) is 19.0 Å². The fourth-order valence-corrected chi connectivity index (χ4v) is 2.15. The molecule has 1 heterocycles. The standard InChI is InChI=1S/C15H19ClN4O2/c16-13-4-2-12(3-5-13)14(10-21)19-15(22)18-6-1-8-20-9-7-17-11-20/h2-5,7,9,11,14,21H,1,6,8,10H2,(H2,18,19,22). The Kier molecular flexibility index (Phi) is 6.24. The van der Waals surface area contributed by atoms with Crippen molar-refractivity contribution in [3.8, 4) is 0 Å². The third-order valence-electron chi connectivity index (χ3n) is 3.20. The monoisotopic (exact) mass is 322 g/mol. The van der Waals surface area contributed by atoms with E-state index in [2.05, 4.69) is 15.6 Å². The highest BCUT2D eigenvalue weighted by Gasteiger charge is 2.13. The summed E-state index contributed by atoms with van der Waals surface area (Å²) in [7, 11) is 0. The second-order valence-electron chi connectivity index (χ2n) is 4.84. The van der Waals surface area contributed by atoms with Crippen LogP contribution in [0.15, 0.2) is 43.0 Å². The van der Waals surface area contributed by atoms with E-state index in [1.165, 1.54) is 0 Å². The first-order valence-electron chi connectivity index (χ1n) is 7.05. The van der Waals surface area contributed by atoms with Gasteiger partial charge >= 0.3 is 6.03 Å². The lowest BCUT2D eigenvalue weighted by Crippen LogP contribution is -2.39. The van der Waals surface area contributed by atoms with Crippen LogP contribution in [0.4, 0.5) is 4.79 Å². The third-order valence-corrected chi connectivity index (χ3v) is 3.45. The van der Waals surface area contributed by atoms with Crippen LogP contribution in [-0.4, -0.2) is 33.8 Å². The Morgan fingerprint density at radius 1 is 1.36 bits per heavy atom. The van der Waals surface area contributed by atoms with Crippen LogP contribution >= 0.6 is 11.6 Å². The molecule has 7 heteroatoms. The van der Waals surface area contributed by atoms with E-state index in [-0.39, 0.29) is 12.6 Å². The van der Waals surface area contributed by atoms with Crippen LogP contribution in [0.25, 0.3) is 0 Å². The molecule has 118 valence electrons. The SMILES string of the molecule is O=C(NCCCn1ccnc1)NC(CO)c1ccc(Cl)cc1. The molecule has 2 amide bonds. The fourth-order valence-electron chi connectivity index (χ4n) is 2.02. The van der Waals surface area contributed by atoms with Crippen LogP contribution in [0.1, 0.15) is 18.0 Å². The Bertz CT molecular complexity index is 572. The number of nitrogens with one attached hydrogen (secondary N) is 2. The highest BCUT2D eigenvalue weighted by Crippen LogP contribution is 2.16. The number of nitrogens with zero attached hydrogens (tertiary/aromatic N) is 2. The summed E-state index contributed by atoms with van der Waals surface area (Å²) in [4.78, 5) is 15.8. The first-order chi connectivity index (χ1) is 10.7. The number of carbonyl (C=O) groups excluding carboxylic acids is 1. The molecular formula is C15H19ClN4O2. The molecule has 0 saturated heterocycles. The smallest absolute Gasteiger partial charge is 0.315 e. The number of benzene rings is 1. The summed E-state index contributed by atoms with van der Waals surface area (Å²) in [6.07, 6.45) is 6.14. The van der Waals surface area contributed by atoms with Gasteiger partial charge in [-0.05, 0) is 24.1 Å². The van der Waals surface area contributed by atoms with Gasteiger partial charge in [-0.1, -0.05) is 23.7 Å². The molecule has 0 spiro atoms. The number of amides is 2. The average Bonchev–Trinajstić information content (AvgIpc) is 3.03. The van der Waals surface area contributed by atoms with Crippen LogP contribution in [0.5, 0.6) is 0 Å². The van der Waals surface area contributed by atoms with E-state index in [0.717, 1.165) is 18.5 Å². The Labute approximate surface area is 134 Å². The number of halogens is 1. The maximum Gasteiger partial charge on any atom is 0.315 e. The summed E-state index contributed by atoms with van der Waals surface area (Å²) in [5, 5.41) is 15.5. The molecule has 3 N–H and O–H groups in total. The number of hydrogen-bond acceptors (Lipinski definition) is 3. The van der Waals surface area contributed by atoms with Crippen molar-refractivity contribution in [3.05, 3.63) is 53.6 Å². The molecule has 0 radical (unpaired) electrons. The van der Waals surface area contributed by atoms with Crippen LogP contribution in [-0.2, 0) is 6.54 Å². The molecular weight excluding hydrogens is 304 g/mol. The summed E-state index contributed by atoms with van der Waals surface area (Å²) in [6.45, 7) is 1.16. The second kappa shape index (κ2) is 8.41. The quantitative estimate of drug-likeness (QED) is 0.682. The van der Waals surface area contributed by atoms with E-state index in [0.29, 0.717) is 11.6 Å². The molecule has 0 aliphatic heterocycles. The molecule has 2 rings (SSSR count). The van der Waals surface area contributed by atoms with Gasteiger partial charge in [-0.15, -0.1) is 0 Å². The van der Waals surface area contributed by atoms with E-state index in [1.54, 1.807) is 36.8 Å². The van der Waals surface area contributed by atoms with Gasteiger partial charge in [0, 0.05) is 30.5 Å². The summed E-state index contributed by atoms with van der Waals surface area (Å²) in [5.41, 5.74) is 0.806. The highest BCUT2D eigenvalue weighted by molar-refractivity contribution is 6.30. The second-order valence-corrected chi connectivity index (χ2v) is 5.28. The van der Waals surface area contributed by atoms with E-state index >= 15 is 0 Å². The van der Waals surface area contributed by atoms with Gasteiger partial charge in [0.2, 0.25) is 0 Å². The van der Waals surface area contributed by atoms with Gasteiger partial charge in [0.05, 0.1) is 19.0 Å². The molecule has 2 aromatic rings. The van der Waals surface area contributed by atoms with Gasteiger partial charge in [-0.2, -0.15) is 0 Å². The summed E-state index contributed by atoms with van der Waals surface area (Å²) >= 11 is 5.82. The van der Waals surface area contributed by atoms with E-state index in [4.69, 9.17) is 11.6 Å². The van der Waals surface area contributed by atoms with Gasteiger partial charge in [0.1, 0.15) is 0 Å². The summed E-state index contributed by atoms with van der Waals surface area (Å²) < 4.78 is 1.95. The van der Waals surface area contributed by atoms with Crippen molar-refractivity contribution in [2.75, 3.05) is 13.2 Å². The van der Waals surface area contributed by atoms with Crippen molar-refractivity contribution in [2.24, 2.45) is 0 Å². The van der Waals surface area contributed by atoms with Crippen molar-refractivity contribution >= 4 is 17.6 Å². The van der Waals surface area contributed by atoms with Crippen molar-refractivity contribution in [1.82, 2.24) is 20.2 Å². The Hall–Kier alpha value is -2.05. The van der Waals surface area contributed by atoms with Crippen molar-refractivity contribution < 1.29 is 9.90 Å². The number of imidazole rings is 1. The molecule has 0 saturated carbocycles. The zero-order valence-electron chi connectivity index (χ0n) is 12.1. The molecule has 0 aliphatic carbocycles. The predicted octanol–water partition coefficient (Wildman–Crippen LogP) is 1.96. The zero-order valence-corrected chi connectivity index (χ0v) is 12.8. The summed E-state index contributed by atoms with van der Waals surface area (Å²) in [6, 6.07) is 6.25. The largest absolute Gasteiger partial charge is 0.394 e. The van der Waals surface area contributed by atoms with Crippen LogP contribution in [0, 0.1) is 0 Å². The van der Waals surface area contributed by atoms with Crippen LogP contribution in [0.2, 0.25) is 5.02 Å². The maximum atomic E-state index is 11.8. The zero-order chi connectivity index (χ0) is 15.8. The molecule has 1 aromatic heterocycles. The van der Waals surface area contributed by atoms with Crippen LogP contribution < -0.4 is 10.6 Å². The minimum Gasteiger partial charge on any atom is -0.394 e. The highest BCUT2D eigenvalue weighted by atomic mass is 35.5. The first kappa shape index (κ1) is 16.3. The van der Waals surface area contributed by atoms with E-state index in [9.17, 15) is 9.90 Å². The van der Waals surface area contributed by atoms with Crippen molar-refractivity contribution in [3.63, 3.8) is 0 Å². The Balaban J connectivity index is 1.73. The lowest BCUT2D eigenvalue weighted by molar-refractivity contribution is 0.217. The molecule has 1 aromatic carbocycles. The van der Waals surface area contributed by atoms with Gasteiger partial charge < -0.3 is 20.3 Å². The Morgan fingerprint density at radius 3 is 2.77 bits per heavy atom. The predicted molar refractivity (Wildman–Crippen MR) is 84.7 cm³/mol. The third kappa shape index (κ3) is 5.05. The molecule has 6 nitrogen and oxygen atoms in total. The van der Waals surface area contributed by atoms with Gasteiger partial charge in [-0.25, -0.2) is 9.78 Å². The number of aromatic nitrogens is 2. The van der Waals surface area contributed by atoms with E-state index in [1.807, 2.05) is 10.8 Å². The number of hydrogen-bond donors (Lipinski definition) is 3. The molecule has 22 heavy (non-hydrogen) atoms. The fraction of sp³-hybridized carbons (Fsp3) is 0.333. The number of carbonyl (C=O) groups is 1. The first-order valence-corrected chi connectivity index (χ1v) is 7.43. The number of aliphatic hydroxyl groups is 1. The van der Waals surface area contributed by atoms with Crippen molar-refractivity contribution in [1.29, 1.82) is 0 Å². The lowest BCUT2D eigenvalue weighted by Gasteiger charge is -2.17. The lowest BCUT2D eigenvalue weighted by atomic mass is 10.1. The number of rotatable bonds is 7. The topological polar surface area (TPSA) is 79.2 Å². The maximum absolute atomic E-state index is 11.8. The number of aryl methyl sites for hydroxylation is 1. The summed E-state index contributed by atoms with van der Waals surface area (Å²) in [5.74, 6) is 0. The molecule has 1 unspecified atom stereocenters. The normalized spacial score (nSPS) is 11.9. The van der Waals surface area contributed by atoms with Gasteiger partial charge in [0.25, 0.3) is 0 Å². The Morgan fingerprint density at radius 2 is 2.14 bits per heavy atom. The number of aliphatic hydroxyl groups excluding tert-OH is 1. The molecule has 0 aliphatic rings.